The minimum Gasteiger partial charge on any atom is -0.508 e. The van der Waals surface area contributed by atoms with E-state index in [1.165, 1.54) is 30.5 Å². The third-order valence-corrected chi connectivity index (χ3v) is 5.31. The number of aliphatic hydroxyl groups is 1. The smallest absolute Gasteiger partial charge is 0.419 e. The van der Waals surface area contributed by atoms with E-state index in [-0.39, 0.29) is 34.3 Å². The molecule has 0 unspecified atom stereocenters. The fraction of sp³-hybridized carbons (Fsp3) is 0.300. The summed E-state index contributed by atoms with van der Waals surface area (Å²) in [7, 11) is 0. The molecule has 2 atom stereocenters. The molecule has 1 heterocycles. The van der Waals surface area contributed by atoms with E-state index < -0.39 is 30.1 Å². The van der Waals surface area contributed by atoms with Crippen molar-refractivity contribution < 1.29 is 27.8 Å². The lowest BCUT2D eigenvalue weighted by Crippen LogP contribution is -2.54. The third-order valence-electron chi connectivity index (χ3n) is 5.31. The highest BCUT2D eigenvalue weighted by molar-refractivity contribution is 5.91. The number of nitrogens with zero attached hydrogens (tertiary/aromatic N) is 2. The van der Waals surface area contributed by atoms with Gasteiger partial charge in [-0.05, 0) is 55.2 Å². The van der Waals surface area contributed by atoms with Gasteiger partial charge in [0.05, 0.1) is 6.04 Å². The van der Waals surface area contributed by atoms with Gasteiger partial charge in [0.1, 0.15) is 22.9 Å². The number of aromatic hydroxyl groups is 1. The lowest BCUT2D eigenvalue weighted by Gasteiger charge is -2.43. The van der Waals surface area contributed by atoms with Gasteiger partial charge in [0.2, 0.25) is 0 Å². The second-order valence-electron chi connectivity index (χ2n) is 7.16. The molecule has 3 N–H and O–H groups in total. The maximum Gasteiger partial charge on any atom is 0.419 e. The van der Waals surface area contributed by atoms with E-state index in [1.807, 2.05) is 0 Å². The van der Waals surface area contributed by atoms with Gasteiger partial charge < -0.3 is 15.5 Å². The summed E-state index contributed by atoms with van der Waals surface area (Å²) in [6.45, 7) is 1.57. The lowest BCUT2D eigenvalue weighted by molar-refractivity contribution is -0.270. The summed E-state index contributed by atoms with van der Waals surface area (Å²) in [5, 5.41) is 23.4. The summed E-state index contributed by atoms with van der Waals surface area (Å²) in [5.41, 5.74) is -2.27. The molecule has 29 heavy (non-hydrogen) atoms. The minimum absolute atomic E-state index is 0.00370. The number of anilines is 1. The molecule has 5 nitrogen and oxygen atoms in total. The maximum absolute atomic E-state index is 14.2. The highest BCUT2D eigenvalue weighted by Crippen LogP contribution is 2.49. The molecule has 2 aromatic carbocycles. The van der Waals surface area contributed by atoms with Gasteiger partial charge in [0, 0.05) is 17.3 Å². The summed E-state index contributed by atoms with van der Waals surface area (Å²) < 4.78 is 55.8. The second kappa shape index (κ2) is 6.55. The fourth-order valence-electron chi connectivity index (χ4n) is 3.76. The summed E-state index contributed by atoms with van der Waals surface area (Å²) in [6.07, 6.45) is -4.17. The summed E-state index contributed by atoms with van der Waals surface area (Å²) in [6, 6.07) is 4.88. The number of fused-ring (bicyclic) bond motifs is 2. The van der Waals surface area contributed by atoms with Gasteiger partial charge in [-0.15, -0.1) is 0 Å². The first-order chi connectivity index (χ1) is 13.6. The van der Waals surface area contributed by atoms with Crippen LogP contribution in [0.2, 0.25) is 0 Å². The Kier molecular flexibility index (Phi) is 4.38. The number of benzene rings is 2. The average Bonchev–Trinajstić information content (AvgIpc) is 2.65. The Labute approximate surface area is 163 Å². The van der Waals surface area contributed by atoms with E-state index in [9.17, 15) is 27.8 Å². The standard InChI is InChI=1S/C20H17F4N3O2/c1-10-25-9-14-16(5-4-15(21)17(14)26-10)27-18-13-8-12(28)3-2-11(13)6-7-19(18,29)20(22,23)24/h2-5,8-9,18,27-29H,6-7H2,1H3/t18-,19+/m0/s1. The van der Waals surface area contributed by atoms with Gasteiger partial charge in [-0.25, -0.2) is 14.4 Å². The number of hydrogen-bond acceptors (Lipinski definition) is 5. The summed E-state index contributed by atoms with van der Waals surface area (Å²) in [5.74, 6) is -0.540. The molecule has 1 aliphatic rings. The molecule has 9 heteroatoms. The monoisotopic (exact) mass is 407 g/mol. The fourth-order valence-corrected chi connectivity index (χ4v) is 3.76. The van der Waals surface area contributed by atoms with Crippen LogP contribution in [-0.2, 0) is 6.42 Å². The van der Waals surface area contributed by atoms with Crippen molar-refractivity contribution in [2.75, 3.05) is 5.32 Å². The quantitative estimate of drug-likeness (QED) is 0.556. The molecule has 1 aromatic heterocycles. The van der Waals surface area contributed by atoms with Crippen molar-refractivity contribution in [1.82, 2.24) is 9.97 Å². The third kappa shape index (κ3) is 3.15. The topological polar surface area (TPSA) is 78.3 Å². The van der Waals surface area contributed by atoms with Crippen molar-refractivity contribution >= 4 is 16.6 Å². The van der Waals surface area contributed by atoms with Crippen molar-refractivity contribution in [2.24, 2.45) is 0 Å². The van der Waals surface area contributed by atoms with E-state index in [0.29, 0.717) is 11.4 Å². The van der Waals surface area contributed by atoms with Crippen molar-refractivity contribution in [1.29, 1.82) is 0 Å². The highest BCUT2D eigenvalue weighted by Gasteiger charge is 2.60. The Morgan fingerprint density at radius 3 is 2.69 bits per heavy atom. The molecule has 0 amide bonds. The van der Waals surface area contributed by atoms with E-state index in [2.05, 4.69) is 15.3 Å². The molecule has 0 saturated heterocycles. The lowest BCUT2D eigenvalue weighted by atomic mass is 9.75. The normalized spacial score (nSPS) is 21.8. The van der Waals surface area contributed by atoms with Crippen LogP contribution in [0.4, 0.5) is 23.2 Å². The molecule has 1 aliphatic carbocycles. The molecule has 0 saturated carbocycles. The van der Waals surface area contributed by atoms with E-state index in [1.54, 1.807) is 6.92 Å². The average molecular weight is 407 g/mol. The van der Waals surface area contributed by atoms with Gasteiger partial charge >= 0.3 is 6.18 Å². The molecule has 0 spiro atoms. The zero-order valence-electron chi connectivity index (χ0n) is 15.3. The van der Waals surface area contributed by atoms with Crippen LogP contribution in [0.1, 0.15) is 29.4 Å². The number of aromatic nitrogens is 2. The van der Waals surface area contributed by atoms with Crippen LogP contribution in [0.25, 0.3) is 10.9 Å². The van der Waals surface area contributed by atoms with Gasteiger partial charge in [0.25, 0.3) is 0 Å². The van der Waals surface area contributed by atoms with Crippen molar-refractivity contribution in [2.45, 2.75) is 37.6 Å². The van der Waals surface area contributed by atoms with Crippen LogP contribution in [0.5, 0.6) is 5.75 Å². The van der Waals surface area contributed by atoms with Crippen LogP contribution in [0, 0.1) is 12.7 Å². The molecule has 152 valence electrons. The minimum atomic E-state index is -4.93. The number of aryl methyl sites for hydroxylation is 2. The Bertz CT molecular complexity index is 1100. The van der Waals surface area contributed by atoms with E-state index >= 15 is 0 Å². The Balaban J connectivity index is 1.89. The van der Waals surface area contributed by atoms with Gasteiger partial charge in [-0.1, -0.05) is 6.07 Å². The summed E-state index contributed by atoms with van der Waals surface area (Å²) in [4.78, 5) is 8.02. The Hall–Kier alpha value is -2.94. The number of phenolic OH excluding ortho intramolecular Hbond substituents is 1. The summed E-state index contributed by atoms with van der Waals surface area (Å²) >= 11 is 0. The van der Waals surface area contributed by atoms with Crippen LogP contribution in [0.3, 0.4) is 0 Å². The first kappa shape index (κ1) is 19.4. The predicted molar refractivity (Wildman–Crippen MR) is 98.0 cm³/mol. The molecular formula is C20H17F4N3O2. The molecule has 0 fully saturated rings. The van der Waals surface area contributed by atoms with E-state index in [4.69, 9.17) is 0 Å². The van der Waals surface area contributed by atoms with Gasteiger partial charge in [-0.3, -0.25) is 0 Å². The molecule has 0 aliphatic heterocycles. The molecule has 3 aromatic rings. The van der Waals surface area contributed by atoms with Crippen LogP contribution < -0.4 is 5.32 Å². The predicted octanol–water partition coefficient (Wildman–Crippen LogP) is 4.18. The number of rotatable bonds is 2. The van der Waals surface area contributed by atoms with Gasteiger partial charge in [-0.2, -0.15) is 13.2 Å². The maximum atomic E-state index is 14.2. The molecule has 0 radical (unpaired) electrons. The number of alkyl halides is 3. The van der Waals surface area contributed by atoms with Gasteiger partial charge in [0.15, 0.2) is 5.60 Å². The van der Waals surface area contributed by atoms with Crippen molar-refractivity contribution in [3.63, 3.8) is 0 Å². The van der Waals surface area contributed by atoms with Crippen LogP contribution in [0.15, 0.2) is 36.5 Å². The Morgan fingerprint density at radius 1 is 1.21 bits per heavy atom. The number of hydrogen-bond donors (Lipinski definition) is 3. The van der Waals surface area contributed by atoms with Crippen LogP contribution >= 0.6 is 0 Å². The SMILES string of the molecule is Cc1ncc2c(N[C@H]3c4cc(O)ccc4CC[C@]3(O)C(F)(F)F)ccc(F)c2n1. The first-order valence-electron chi connectivity index (χ1n) is 8.89. The zero-order valence-corrected chi connectivity index (χ0v) is 15.3. The number of halogens is 4. The first-order valence-corrected chi connectivity index (χ1v) is 8.89. The van der Waals surface area contributed by atoms with Crippen LogP contribution in [-0.4, -0.2) is 32.0 Å². The largest absolute Gasteiger partial charge is 0.508 e. The zero-order chi connectivity index (χ0) is 21.0. The van der Waals surface area contributed by atoms with Crippen molar-refractivity contribution in [3.05, 3.63) is 59.3 Å². The second-order valence-corrected chi connectivity index (χ2v) is 7.16. The molecule has 4 rings (SSSR count). The number of phenols is 1. The Morgan fingerprint density at radius 2 is 1.97 bits per heavy atom. The van der Waals surface area contributed by atoms with Crippen molar-refractivity contribution in [3.8, 4) is 5.75 Å². The highest BCUT2D eigenvalue weighted by atomic mass is 19.4. The molecular weight excluding hydrogens is 390 g/mol. The molecule has 0 bridgehead atoms. The number of nitrogens with one attached hydrogen (secondary N) is 1. The van der Waals surface area contributed by atoms with E-state index in [0.717, 1.165) is 6.07 Å².